The number of non-ortho nitro benzene ring substituents is 1. The molecule has 0 spiro atoms. The molecule has 30 heavy (non-hydrogen) atoms. The third kappa shape index (κ3) is 5.14. The second kappa shape index (κ2) is 9.24. The Labute approximate surface area is 172 Å². The summed E-state index contributed by atoms with van der Waals surface area (Å²) in [5, 5.41) is 14.7. The second-order valence-corrected chi connectivity index (χ2v) is 6.30. The highest BCUT2D eigenvalue weighted by Crippen LogP contribution is 2.18. The number of hydrogen-bond donors (Lipinski definition) is 1. The molecule has 3 aromatic rings. The molecule has 0 aliphatic heterocycles. The first-order valence-electron chi connectivity index (χ1n) is 8.90. The predicted octanol–water partition coefficient (Wildman–Crippen LogP) is 3.89. The zero-order chi connectivity index (χ0) is 21.5. The van der Waals surface area contributed by atoms with Gasteiger partial charge in [0.15, 0.2) is 0 Å². The number of benzene rings is 3. The summed E-state index contributed by atoms with van der Waals surface area (Å²) in [5.41, 5.74) is 4.11. The number of carbonyl (C=O) groups excluding carboxylic acids is 2. The van der Waals surface area contributed by atoms with Crippen LogP contribution in [0.5, 0.6) is 5.75 Å². The van der Waals surface area contributed by atoms with Crippen LogP contribution in [0.2, 0.25) is 0 Å². The number of carbonyl (C=O) groups is 2. The fourth-order valence-electron chi connectivity index (χ4n) is 2.51. The molecule has 0 aliphatic rings. The standard InChI is InChI=1S/C22H17N3O5/c1-15-9-11-16(12-10-15)22(27)30-20-8-3-2-5-18(20)14-23-24-21(26)17-6-4-7-19(13-17)25(28)29/h2-14H,1H3,(H,24,26)/b23-14-. The minimum atomic E-state index is -0.607. The molecule has 0 saturated heterocycles. The van der Waals surface area contributed by atoms with Crippen molar-refractivity contribution in [2.45, 2.75) is 6.92 Å². The van der Waals surface area contributed by atoms with Gasteiger partial charge in [0.1, 0.15) is 5.75 Å². The lowest BCUT2D eigenvalue weighted by Gasteiger charge is -2.07. The largest absolute Gasteiger partial charge is 0.422 e. The lowest BCUT2D eigenvalue weighted by molar-refractivity contribution is -0.384. The van der Waals surface area contributed by atoms with Gasteiger partial charge in [-0.25, -0.2) is 10.2 Å². The number of nitro groups is 1. The van der Waals surface area contributed by atoms with Gasteiger partial charge < -0.3 is 4.74 Å². The Kier molecular flexibility index (Phi) is 6.29. The zero-order valence-corrected chi connectivity index (χ0v) is 15.9. The van der Waals surface area contributed by atoms with Gasteiger partial charge >= 0.3 is 5.97 Å². The van der Waals surface area contributed by atoms with Crippen LogP contribution in [0.1, 0.15) is 31.8 Å². The minimum absolute atomic E-state index is 0.0976. The van der Waals surface area contributed by atoms with Crippen LogP contribution in [-0.2, 0) is 0 Å². The Morgan fingerprint density at radius 3 is 2.47 bits per heavy atom. The van der Waals surface area contributed by atoms with Crippen molar-refractivity contribution in [3.8, 4) is 5.75 Å². The number of esters is 1. The second-order valence-electron chi connectivity index (χ2n) is 6.30. The fourth-order valence-corrected chi connectivity index (χ4v) is 2.51. The summed E-state index contributed by atoms with van der Waals surface area (Å²) in [6.45, 7) is 1.92. The third-order valence-corrected chi connectivity index (χ3v) is 4.10. The summed E-state index contributed by atoms with van der Waals surface area (Å²) in [4.78, 5) is 34.7. The van der Waals surface area contributed by atoms with Gasteiger partial charge in [-0.1, -0.05) is 35.9 Å². The van der Waals surface area contributed by atoms with E-state index in [1.165, 1.54) is 24.4 Å². The number of rotatable bonds is 6. The highest BCUT2D eigenvalue weighted by molar-refractivity contribution is 5.96. The van der Waals surface area contributed by atoms with Crippen molar-refractivity contribution in [1.29, 1.82) is 0 Å². The average molecular weight is 403 g/mol. The van der Waals surface area contributed by atoms with Gasteiger partial charge in [-0.15, -0.1) is 0 Å². The first-order valence-corrected chi connectivity index (χ1v) is 8.90. The van der Waals surface area contributed by atoms with Crippen LogP contribution in [0.3, 0.4) is 0 Å². The molecule has 3 aromatic carbocycles. The number of nitrogens with one attached hydrogen (secondary N) is 1. The highest BCUT2D eigenvalue weighted by Gasteiger charge is 2.12. The van der Waals surface area contributed by atoms with Crippen LogP contribution in [0, 0.1) is 17.0 Å². The van der Waals surface area contributed by atoms with Crippen LogP contribution >= 0.6 is 0 Å². The van der Waals surface area contributed by atoms with Gasteiger partial charge in [0.2, 0.25) is 0 Å². The zero-order valence-electron chi connectivity index (χ0n) is 15.9. The maximum atomic E-state index is 12.3. The van der Waals surface area contributed by atoms with E-state index in [1.807, 2.05) is 19.1 Å². The Hall–Kier alpha value is -4.33. The first kappa shape index (κ1) is 20.4. The third-order valence-electron chi connectivity index (χ3n) is 4.10. The van der Waals surface area contributed by atoms with Crippen LogP contribution < -0.4 is 10.2 Å². The Morgan fingerprint density at radius 1 is 1.00 bits per heavy atom. The summed E-state index contributed by atoms with van der Waals surface area (Å²) in [6, 6.07) is 19.0. The number of hydrogen-bond acceptors (Lipinski definition) is 6. The maximum Gasteiger partial charge on any atom is 0.343 e. The number of amides is 1. The molecule has 0 bridgehead atoms. The Balaban J connectivity index is 1.70. The van der Waals surface area contributed by atoms with Crippen molar-refractivity contribution in [1.82, 2.24) is 5.43 Å². The SMILES string of the molecule is Cc1ccc(C(=O)Oc2ccccc2/C=N\NC(=O)c2cccc([N+](=O)[O-])c2)cc1. The number of para-hydroxylation sites is 1. The number of ether oxygens (including phenoxy) is 1. The van der Waals surface area contributed by atoms with E-state index in [0.717, 1.165) is 11.6 Å². The molecule has 1 amide bonds. The highest BCUT2D eigenvalue weighted by atomic mass is 16.6. The van der Waals surface area contributed by atoms with Crippen molar-refractivity contribution in [2.24, 2.45) is 5.10 Å². The van der Waals surface area contributed by atoms with Gasteiger partial charge in [0.25, 0.3) is 11.6 Å². The molecule has 8 heteroatoms. The van der Waals surface area contributed by atoms with Crippen molar-refractivity contribution in [3.05, 3.63) is 105 Å². The monoisotopic (exact) mass is 403 g/mol. The molecule has 3 rings (SSSR count). The quantitative estimate of drug-likeness (QED) is 0.221. The van der Waals surface area contributed by atoms with Crippen molar-refractivity contribution in [3.63, 3.8) is 0 Å². The van der Waals surface area contributed by atoms with Crippen LogP contribution in [0.4, 0.5) is 5.69 Å². The molecule has 0 fully saturated rings. The molecule has 1 N–H and O–H groups in total. The first-order chi connectivity index (χ1) is 14.4. The van der Waals surface area contributed by atoms with Crippen LogP contribution in [0.15, 0.2) is 77.9 Å². The summed E-state index contributed by atoms with van der Waals surface area (Å²) in [5.74, 6) is -0.850. The molecule has 0 aliphatic carbocycles. The number of hydrazone groups is 1. The molecular weight excluding hydrogens is 386 g/mol. The van der Waals surface area contributed by atoms with Crippen molar-refractivity contribution < 1.29 is 19.2 Å². The molecule has 0 heterocycles. The summed E-state index contributed by atoms with van der Waals surface area (Å²) < 4.78 is 5.44. The number of nitrogens with zero attached hydrogens (tertiary/aromatic N) is 2. The van der Waals surface area contributed by atoms with E-state index >= 15 is 0 Å². The van der Waals surface area contributed by atoms with Crippen molar-refractivity contribution >= 4 is 23.8 Å². The molecule has 0 unspecified atom stereocenters. The predicted molar refractivity (Wildman–Crippen MR) is 111 cm³/mol. The number of nitro benzene ring substituents is 1. The molecule has 0 radical (unpaired) electrons. The van der Waals surface area contributed by atoms with Gasteiger partial charge in [-0.3, -0.25) is 14.9 Å². The van der Waals surface area contributed by atoms with E-state index in [0.29, 0.717) is 11.1 Å². The van der Waals surface area contributed by atoms with Crippen LogP contribution in [0.25, 0.3) is 0 Å². The van der Waals surface area contributed by atoms with Crippen LogP contribution in [-0.4, -0.2) is 23.0 Å². The van der Waals surface area contributed by atoms with E-state index < -0.39 is 16.8 Å². The van der Waals surface area contributed by atoms with E-state index in [2.05, 4.69) is 10.5 Å². The molecule has 8 nitrogen and oxygen atoms in total. The van der Waals surface area contributed by atoms with E-state index in [9.17, 15) is 19.7 Å². The lowest BCUT2D eigenvalue weighted by atomic mass is 10.1. The average Bonchev–Trinajstić information content (AvgIpc) is 2.75. The maximum absolute atomic E-state index is 12.3. The summed E-state index contributed by atoms with van der Waals surface area (Å²) in [6.07, 6.45) is 1.33. The van der Waals surface area contributed by atoms with Gasteiger partial charge in [0, 0.05) is 23.3 Å². The van der Waals surface area contributed by atoms with E-state index in [4.69, 9.17) is 4.74 Å². The Morgan fingerprint density at radius 2 is 1.73 bits per heavy atom. The molecule has 0 atom stereocenters. The molecule has 0 aromatic heterocycles. The summed E-state index contributed by atoms with van der Waals surface area (Å²) in [7, 11) is 0. The molecule has 0 saturated carbocycles. The number of aryl methyl sites for hydroxylation is 1. The lowest BCUT2D eigenvalue weighted by Crippen LogP contribution is -2.17. The van der Waals surface area contributed by atoms with Crippen molar-refractivity contribution in [2.75, 3.05) is 0 Å². The van der Waals surface area contributed by atoms with E-state index in [1.54, 1.807) is 36.4 Å². The van der Waals surface area contributed by atoms with Gasteiger partial charge in [0.05, 0.1) is 16.7 Å². The minimum Gasteiger partial charge on any atom is -0.422 e. The molecule has 150 valence electrons. The van der Waals surface area contributed by atoms with E-state index in [-0.39, 0.29) is 17.0 Å². The topological polar surface area (TPSA) is 111 Å². The normalized spacial score (nSPS) is 10.6. The smallest absolute Gasteiger partial charge is 0.343 e. The van der Waals surface area contributed by atoms with Gasteiger partial charge in [-0.05, 0) is 37.3 Å². The fraction of sp³-hybridized carbons (Fsp3) is 0.0455. The molecular formula is C22H17N3O5. The van der Waals surface area contributed by atoms with Gasteiger partial charge in [-0.2, -0.15) is 5.10 Å². The Bertz CT molecular complexity index is 1120. The summed E-state index contributed by atoms with van der Waals surface area (Å²) >= 11 is 0.